The summed E-state index contributed by atoms with van der Waals surface area (Å²) < 4.78 is 5.30. The average Bonchev–Trinajstić information content (AvgIpc) is 2.81. The van der Waals surface area contributed by atoms with Gasteiger partial charge in [0.15, 0.2) is 0 Å². The number of nitrogens with one attached hydrogen (secondary N) is 2. The number of hydrogen-bond acceptors (Lipinski definition) is 3. The Balaban J connectivity index is 1.96. The molecule has 0 amide bonds. The molecule has 0 aliphatic heterocycles. The van der Waals surface area contributed by atoms with Crippen LogP contribution in [0.15, 0.2) is 48.7 Å². The summed E-state index contributed by atoms with van der Waals surface area (Å²) in [6, 6.07) is 13.8. The monoisotopic (exact) mass is 239 g/mol. The topological polar surface area (TPSA) is 49.9 Å². The van der Waals surface area contributed by atoms with E-state index in [4.69, 9.17) is 4.74 Å². The number of aromatic amines is 1. The number of H-pyrrole nitrogens is 1. The van der Waals surface area contributed by atoms with Gasteiger partial charge in [0, 0.05) is 11.6 Å². The molecule has 0 unspecified atom stereocenters. The number of anilines is 2. The Hall–Kier alpha value is -2.49. The molecule has 2 heterocycles. The minimum Gasteiger partial charge on any atom is -0.495 e. The number of para-hydroxylation sites is 2. The van der Waals surface area contributed by atoms with Gasteiger partial charge in [-0.3, -0.25) is 0 Å². The van der Waals surface area contributed by atoms with E-state index in [1.807, 2.05) is 42.5 Å². The largest absolute Gasteiger partial charge is 0.495 e. The summed E-state index contributed by atoms with van der Waals surface area (Å²) >= 11 is 0. The van der Waals surface area contributed by atoms with Crippen molar-refractivity contribution < 1.29 is 4.74 Å². The summed E-state index contributed by atoms with van der Waals surface area (Å²) in [7, 11) is 1.66. The molecule has 90 valence electrons. The summed E-state index contributed by atoms with van der Waals surface area (Å²) in [4.78, 5) is 7.48. The van der Waals surface area contributed by atoms with E-state index in [-0.39, 0.29) is 0 Å². The Bertz CT molecular complexity index is 642. The third-order valence-electron chi connectivity index (χ3n) is 2.77. The summed E-state index contributed by atoms with van der Waals surface area (Å²) in [5, 5.41) is 4.37. The minimum absolute atomic E-state index is 0.809. The Morgan fingerprint density at radius 1 is 1.17 bits per heavy atom. The lowest BCUT2D eigenvalue weighted by Crippen LogP contribution is -1.94. The molecule has 2 aromatic heterocycles. The van der Waals surface area contributed by atoms with Gasteiger partial charge in [-0.15, -0.1) is 0 Å². The molecule has 4 nitrogen and oxygen atoms in total. The fraction of sp³-hybridized carbons (Fsp3) is 0.0714. The number of hydrogen-bond donors (Lipinski definition) is 2. The van der Waals surface area contributed by atoms with Crippen molar-refractivity contribution in [3.8, 4) is 5.75 Å². The number of rotatable bonds is 3. The molecule has 0 aliphatic carbocycles. The number of aromatic nitrogens is 2. The maximum atomic E-state index is 5.30. The lowest BCUT2D eigenvalue weighted by Gasteiger charge is -2.08. The molecule has 0 radical (unpaired) electrons. The van der Waals surface area contributed by atoms with Gasteiger partial charge in [-0.1, -0.05) is 12.1 Å². The summed E-state index contributed by atoms with van der Waals surface area (Å²) in [5.41, 5.74) is 1.79. The fourth-order valence-electron chi connectivity index (χ4n) is 1.92. The third kappa shape index (κ3) is 1.88. The fourth-order valence-corrected chi connectivity index (χ4v) is 1.92. The first-order valence-electron chi connectivity index (χ1n) is 5.70. The zero-order valence-electron chi connectivity index (χ0n) is 9.97. The highest BCUT2D eigenvalue weighted by Gasteiger charge is 2.04. The van der Waals surface area contributed by atoms with Crippen molar-refractivity contribution in [3.05, 3.63) is 48.7 Å². The Kier molecular flexibility index (Phi) is 2.61. The van der Waals surface area contributed by atoms with Gasteiger partial charge in [-0.2, -0.15) is 0 Å². The highest BCUT2D eigenvalue weighted by atomic mass is 16.5. The molecule has 0 fully saturated rings. The molecular formula is C14H13N3O. The molecule has 3 aromatic rings. The number of methoxy groups -OCH3 is 1. The quantitative estimate of drug-likeness (QED) is 0.737. The van der Waals surface area contributed by atoms with Gasteiger partial charge in [0.25, 0.3) is 0 Å². The molecule has 0 saturated heterocycles. The lowest BCUT2D eigenvalue weighted by atomic mass is 10.3. The molecule has 0 aliphatic rings. The standard InChI is InChI=1S/C14H13N3O/c1-18-12-7-3-2-6-11(12)16-13-9-10-5-4-8-15-14(10)17-13/h2-9,16H,1H3,(H,15,17). The molecule has 2 N–H and O–H groups in total. The van der Waals surface area contributed by atoms with Gasteiger partial charge in [-0.05, 0) is 30.3 Å². The molecular weight excluding hydrogens is 226 g/mol. The zero-order valence-corrected chi connectivity index (χ0v) is 9.97. The average molecular weight is 239 g/mol. The van der Waals surface area contributed by atoms with E-state index in [2.05, 4.69) is 15.3 Å². The third-order valence-corrected chi connectivity index (χ3v) is 2.77. The van der Waals surface area contributed by atoms with Crippen LogP contribution in [0.1, 0.15) is 0 Å². The molecule has 0 atom stereocenters. The SMILES string of the molecule is COc1ccccc1Nc1cc2cccnc2[nH]1. The summed E-state index contributed by atoms with van der Waals surface area (Å²) in [5.74, 6) is 1.71. The normalized spacial score (nSPS) is 10.5. The van der Waals surface area contributed by atoms with Gasteiger partial charge < -0.3 is 15.0 Å². The lowest BCUT2D eigenvalue weighted by molar-refractivity contribution is 0.417. The van der Waals surface area contributed by atoms with Gasteiger partial charge in [0.05, 0.1) is 12.8 Å². The van der Waals surface area contributed by atoms with Crippen molar-refractivity contribution in [3.63, 3.8) is 0 Å². The highest BCUT2D eigenvalue weighted by molar-refractivity contribution is 5.82. The van der Waals surface area contributed by atoms with Gasteiger partial charge in [0.2, 0.25) is 0 Å². The van der Waals surface area contributed by atoms with Crippen LogP contribution in [0.3, 0.4) is 0 Å². The van der Waals surface area contributed by atoms with Crippen molar-refractivity contribution in [2.24, 2.45) is 0 Å². The highest BCUT2D eigenvalue weighted by Crippen LogP contribution is 2.27. The molecule has 1 aromatic carbocycles. The second-order valence-electron chi connectivity index (χ2n) is 3.95. The Labute approximate surface area is 105 Å². The zero-order chi connectivity index (χ0) is 12.4. The van der Waals surface area contributed by atoms with E-state index in [0.29, 0.717) is 0 Å². The maximum Gasteiger partial charge on any atom is 0.142 e. The Morgan fingerprint density at radius 2 is 2.06 bits per heavy atom. The van der Waals surface area contributed by atoms with Crippen LogP contribution < -0.4 is 10.1 Å². The van der Waals surface area contributed by atoms with Crippen molar-refractivity contribution in [1.82, 2.24) is 9.97 Å². The van der Waals surface area contributed by atoms with E-state index < -0.39 is 0 Å². The number of benzene rings is 1. The first kappa shape index (κ1) is 10.7. The second-order valence-corrected chi connectivity index (χ2v) is 3.95. The molecule has 0 bridgehead atoms. The Morgan fingerprint density at radius 3 is 2.89 bits per heavy atom. The van der Waals surface area contributed by atoms with Crippen LogP contribution in [0.5, 0.6) is 5.75 Å². The number of fused-ring (bicyclic) bond motifs is 1. The predicted molar refractivity (Wildman–Crippen MR) is 72.4 cm³/mol. The van der Waals surface area contributed by atoms with Gasteiger partial charge in [0.1, 0.15) is 17.2 Å². The molecule has 4 heteroatoms. The maximum absolute atomic E-state index is 5.30. The first-order valence-corrected chi connectivity index (χ1v) is 5.70. The summed E-state index contributed by atoms with van der Waals surface area (Å²) in [6.07, 6.45) is 1.77. The van der Waals surface area contributed by atoms with E-state index in [0.717, 1.165) is 28.3 Å². The molecule has 0 spiro atoms. The predicted octanol–water partition coefficient (Wildman–Crippen LogP) is 3.32. The van der Waals surface area contributed by atoms with Crippen LogP contribution in [0.25, 0.3) is 11.0 Å². The first-order chi connectivity index (χ1) is 8.86. The number of ether oxygens (including phenoxy) is 1. The van der Waals surface area contributed by atoms with Gasteiger partial charge >= 0.3 is 0 Å². The van der Waals surface area contributed by atoms with Crippen molar-refractivity contribution in [2.45, 2.75) is 0 Å². The van der Waals surface area contributed by atoms with Crippen LogP contribution in [0.2, 0.25) is 0 Å². The van der Waals surface area contributed by atoms with E-state index in [1.54, 1.807) is 13.3 Å². The van der Waals surface area contributed by atoms with Gasteiger partial charge in [-0.25, -0.2) is 4.98 Å². The van der Waals surface area contributed by atoms with E-state index in [9.17, 15) is 0 Å². The molecule has 0 saturated carbocycles. The van der Waals surface area contributed by atoms with Crippen LogP contribution in [0, 0.1) is 0 Å². The van der Waals surface area contributed by atoms with E-state index in [1.165, 1.54) is 0 Å². The number of pyridine rings is 1. The van der Waals surface area contributed by atoms with Crippen molar-refractivity contribution in [2.75, 3.05) is 12.4 Å². The van der Waals surface area contributed by atoms with Crippen LogP contribution in [-0.4, -0.2) is 17.1 Å². The summed E-state index contributed by atoms with van der Waals surface area (Å²) in [6.45, 7) is 0. The smallest absolute Gasteiger partial charge is 0.142 e. The van der Waals surface area contributed by atoms with Crippen molar-refractivity contribution in [1.29, 1.82) is 0 Å². The van der Waals surface area contributed by atoms with Crippen LogP contribution >= 0.6 is 0 Å². The second kappa shape index (κ2) is 4.41. The van der Waals surface area contributed by atoms with Crippen molar-refractivity contribution >= 4 is 22.5 Å². The molecule has 18 heavy (non-hydrogen) atoms. The van der Waals surface area contributed by atoms with Crippen LogP contribution in [-0.2, 0) is 0 Å². The minimum atomic E-state index is 0.809. The van der Waals surface area contributed by atoms with Crippen LogP contribution in [0.4, 0.5) is 11.5 Å². The number of nitrogens with zero attached hydrogens (tertiary/aromatic N) is 1. The van der Waals surface area contributed by atoms with E-state index >= 15 is 0 Å². The molecule has 3 rings (SSSR count).